The van der Waals surface area contributed by atoms with Crippen molar-refractivity contribution in [2.75, 3.05) is 18.4 Å². The molecule has 0 saturated carbocycles. The Balaban J connectivity index is 1.85. The third kappa shape index (κ3) is 2.36. The summed E-state index contributed by atoms with van der Waals surface area (Å²) in [5.74, 6) is 0. The van der Waals surface area contributed by atoms with Gasteiger partial charge >= 0.3 is 6.09 Å². The third-order valence-corrected chi connectivity index (χ3v) is 3.85. The van der Waals surface area contributed by atoms with E-state index < -0.39 is 6.09 Å². The lowest BCUT2D eigenvalue weighted by atomic mass is 10.1. The highest BCUT2D eigenvalue weighted by molar-refractivity contribution is 6.35. The fraction of sp³-hybridized carbons (Fsp3) is 0.286. The Bertz CT molecular complexity index is 662. The number of aromatic nitrogens is 1. The molecule has 1 saturated heterocycles. The highest BCUT2D eigenvalue weighted by atomic mass is 35.5. The number of carboxylic acid groups (broad SMARTS) is 1. The first-order chi connectivity index (χ1) is 9.65. The minimum absolute atomic E-state index is 0.121. The van der Waals surface area contributed by atoms with E-state index in [4.69, 9.17) is 16.7 Å². The van der Waals surface area contributed by atoms with Crippen LogP contribution in [0.5, 0.6) is 0 Å². The van der Waals surface area contributed by atoms with Crippen LogP contribution in [0.4, 0.5) is 10.5 Å². The number of hydrogen-bond donors (Lipinski definition) is 2. The maximum Gasteiger partial charge on any atom is 0.407 e. The van der Waals surface area contributed by atoms with Crippen LogP contribution in [0.3, 0.4) is 0 Å². The van der Waals surface area contributed by atoms with Crippen molar-refractivity contribution in [2.45, 2.75) is 12.5 Å². The maximum atomic E-state index is 10.9. The molecule has 104 valence electrons. The summed E-state index contributed by atoms with van der Waals surface area (Å²) in [4.78, 5) is 16.6. The molecule has 0 unspecified atom stereocenters. The van der Waals surface area contributed by atoms with E-state index in [1.165, 1.54) is 4.90 Å². The van der Waals surface area contributed by atoms with E-state index in [-0.39, 0.29) is 6.04 Å². The van der Waals surface area contributed by atoms with E-state index in [1.807, 2.05) is 24.3 Å². The van der Waals surface area contributed by atoms with E-state index in [0.29, 0.717) is 18.1 Å². The predicted molar refractivity (Wildman–Crippen MR) is 78.4 cm³/mol. The molecular weight excluding hydrogens is 278 g/mol. The Kier molecular flexibility index (Phi) is 3.36. The molecule has 1 aliphatic heterocycles. The molecule has 2 heterocycles. The molecule has 6 heteroatoms. The van der Waals surface area contributed by atoms with E-state index in [1.54, 1.807) is 6.20 Å². The third-order valence-electron chi connectivity index (χ3n) is 3.54. The molecule has 0 aliphatic carbocycles. The van der Waals surface area contributed by atoms with Crippen LogP contribution < -0.4 is 5.32 Å². The molecule has 5 nitrogen and oxygen atoms in total. The standard InChI is InChI=1S/C14H14ClN3O2/c15-11-3-1-2-10-12(4-6-16-13(10)11)17-9-5-7-18(8-9)14(19)20/h1-4,6,9H,5,7-8H2,(H,16,17)(H,19,20)/t9-/m1/s1. The minimum atomic E-state index is -0.864. The van der Waals surface area contributed by atoms with Crippen molar-refractivity contribution in [1.82, 2.24) is 9.88 Å². The zero-order valence-electron chi connectivity index (χ0n) is 10.7. The normalized spacial score (nSPS) is 18.4. The van der Waals surface area contributed by atoms with E-state index in [2.05, 4.69) is 10.3 Å². The Morgan fingerprint density at radius 2 is 2.30 bits per heavy atom. The number of pyridine rings is 1. The first kappa shape index (κ1) is 13.0. The van der Waals surface area contributed by atoms with Crippen LogP contribution in [0.15, 0.2) is 30.5 Å². The molecule has 1 aromatic heterocycles. The SMILES string of the molecule is O=C(O)N1CC[C@@H](Nc2ccnc3c(Cl)cccc23)C1. The number of hydrogen-bond acceptors (Lipinski definition) is 3. The number of nitrogens with zero attached hydrogens (tertiary/aromatic N) is 2. The van der Waals surface area contributed by atoms with E-state index in [9.17, 15) is 4.79 Å². The van der Waals surface area contributed by atoms with Crippen LogP contribution in [0.25, 0.3) is 10.9 Å². The number of para-hydroxylation sites is 1. The van der Waals surface area contributed by atoms with Crippen LogP contribution in [0, 0.1) is 0 Å². The monoisotopic (exact) mass is 291 g/mol. The van der Waals surface area contributed by atoms with Gasteiger partial charge in [0.15, 0.2) is 0 Å². The van der Waals surface area contributed by atoms with Crippen molar-refractivity contribution in [3.05, 3.63) is 35.5 Å². The number of rotatable bonds is 2. The molecule has 2 N–H and O–H groups in total. The van der Waals surface area contributed by atoms with Gasteiger partial charge in [0.25, 0.3) is 0 Å². The number of benzene rings is 1. The van der Waals surface area contributed by atoms with Gasteiger partial charge in [-0.2, -0.15) is 0 Å². The Morgan fingerprint density at radius 3 is 3.05 bits per heavy atom. The highest BCUT2D eigenvalue weighted by Crippen LogP contribution is 2.28. The number of nitrogens with one attached hydrogen (secondary N) is 1. The average molecular weight is 292 g/mol. The summed E-state index contributed by atoms with van der Waals surface area (Å²) in [6.07, 6.45) is 1.65. The second-order valence-electron chi connectivity index (χ2n) is 4.85. The van der Waals surface area contributed by atoms with Crippen molar-refractivity contribution < 1.29 is 9.90 Å². The predicted octanol–water partition coefficient (Wildman–Crippen LogP) is 3.05. The van der Waals surface area contributed by atoms with Crippen LogP contribution in [0.1, 0.15) is 6.42 Å². The first-order valence-electron chi connectivity index (χ1n) is 6.43. The smallest absolute Gasteiger partial charge is 0.407 e. The van der Waals surface area contributed by atoms with Crippen LogP contribution in [0.2, 0.25) is 5.02 Å². The molecular formula is C14H14ClN3O2. The molecule has 1 aromatic carbocycles. The number of fused-ring (bicyclic) bond motifs is 1. The van der Waals surface area contributed by atoms with Gasteiger partial charge in [-0.05, 0) is 18.6 Å². The fourth-order valence-electron chi connectivity index (χ4n) is 2.54. The van der Waals surface area contributed by atoms with Gasteiger partial charge in [-0.15, -0.1) is 0 Å². The topological polar surface area (TPSA) is 65.5 Å². The van der Waals surface area contributed by atoms with E-state index in [0.717, 1.165) is 23.0 Å². The Hall–Kier alpha value is -2.01. The zero-order valence-corrected chi connectivity index (χ0v) is 11.5. The molecule has 0 bridgehead atoms. The van der Waals surface area contributed by atoms with Gasteiger partial charge in [-0.3, -0.25) is 4.98 Å². The maximum absolute atomic E-state index is 10.9. The molecule has 0 spiro atoms. The van der Waals surface area contributed by atoms with Gasteiger partial charge in [0.1, 0.15) is 0 Å². The largest absolute Gasteiger partial charge is 0.465 e. The molecule has 2 aromatic rings. The summed E-state index contributed by atoms with van der Waals surface area (Å²) in [5.41, 5.74) is 1.70. The van der Waals surface area contributed by atoms with Crippen molar-refractivity contribution in [3.63, 3.8) is 0 Å². The van der Waals surface area contributed by atoms with Gasteiger partial charge in [-0.25, -0.2) is 4.79 Å². The first-order valence-corrected chi connectivity index (χ1v) is 6.80. The van der Waals surface area contributed by atoms with Crippen molar-refractivity contribution >= 4 is 34.3 Å². The average Bonchev–Trinajstić information content (AvgIpc) is 2.89. The molecule has 1 fully saturated rings. The van der Waals surface area contributed by atoms with E-state index >= 15 is 0 Å². The number of likely N-dealkylation sites (tertiary alicyclic amines) is 1. The second kappa shape index (κ2) is 5.17. The number of carbonyl (C=O) groups is 1. The summed E-state index contributed by atoms with van der Waals surface area (Å²) in [7, 11) is 0. The Labute approximate surface area is 121 Å². The van der Waals surface area contributed by atoms with Gasteiger partial charge in [0, 0.05) is 36.4 Å². The van der Waals surface area contributed by atoms with Crippen molar-refractivity contribution in [1.29, 1.82) is 0 Å². The van der Waals surface area contributed by atoms with Crippen molar-refractivity contribution in [2.24, 2.45) is 0 Å². The lowest BCUT2D eigenvalue weighted by Crippen LogP contribution is -2.30. The molecule has 1 aliphatic rings. The van der Waals surface area contributed by atoms with Crippen LogP contribution in [-0.4, -0.2) is 40.2 Å². The number of amides is 1. The van der Waals surface area contributed by atoms with Crippen LogP contribution in [-0.2, 0) is 0 Å². The van der Waals surface area contributed by atoms with Crippen molar-refractivity contribution in [3.8, 4) is 0 Å². The number of halogens is 1. The molecule has 20 heavy (non-hydrogen) atoms. The van der Waals surface area contributed by atoms with Gasteiger partial charge in [-0.1, -0.05) is 23.7 Å². The van der Waals surface area contributed by atoms with Gasteiger partial charge in [0.2, 0.25) is 0 Å². The summed E-state index contributed by atoms with van der Waals surface area (Å²) in [5, 5.41) is 13.9. The summed E-state index contributed by atoms with van der Waals surface area (Å²) in [6.45, 7) is 1.07. The van der Waals surface area contributed by atoms with Crippen LogP contribution >= 0.6 is 11.6 Å². The highest BCUT2D eigenvalue weighted by Gasteiger charge is 2.26. The quantitative estimate of drug-likeness (QED) is 0.892. The second-order valence-corrected chi connectivity index (χ2v) is 5.26. The fourth-order valence-corrected chi connectivity index (χ4v) is 2.76. The zero-order chi connectivity index (χ0) is 14.1. The summed E-state index contributed by atoms with van der Waals surface area (Å²) in [6, 6.07) is 7.66. The van der Waals surface area contributed by atoms with Gasteiger partial charge in [0.05, 0.1) is 10.5 Å². The molecule has 0 radical (unpaired) electrons. The van der Waals surface area contributed by atoms with Gasteiger partial charge < -0.3 is 15.3 Å². The molecule has 1 atom stereocenters. The number of anilines is 1. The Morgan fingerprint density at radius 1 is 1.45 bits per heavy atom. The summed E-state index contributed by atoms with van der Waals surface area (Å²) < 4.78 is 0. The lowest BCUT2D eigenvalue weighted by Gasteiger charge is -2.16. The lowest BCUT2D eigenvalue weighted by molar-refractivity contribution is 0.155. The summed E-state index contributed by atoms with van der Waals surface area (Å²) >= 11 is 6.13. The molecule has 1 amide bonds. The molecule has 3 rings (SSSR count). The minimum Gasteiger partial charge on any atom is -0.465 e.